The molecule has 1 aromatic carbocycles. The van der Waals surface area contributed by atoms with E-state index in [2.05, 4.69) is 22.1 Å². The molecule has 1 saturated heterocycles. The number of pyridine rings is 1. The second-order valence-electron chi connectivity index (χ2n) is 7.02. The quantitative estimate of drug-likeness (QED) is 0.795. The van der Waals surface area contributed by atoms with Crippen molar-refractivity contribution < 1.29 is 13.9 Å². The van der Waals surface area contributed by atoms with Gasteiger partial charge < -0.3 is 15.0 Å². The number of rotatable bonds is 7. The smallest absolute Gasteiger partial charge is 0.318 e. The van der Waals surface area contributed by atoms with Crippen molar-refractivity contribution in [1.29, 1.82) is 0 Å². The zero-order valence-corrected chi connectivity index (χ0v) is 16.2. The van der Waals surface area contributed by atoms with Gasteiger partial charge in [-0.25, -0.2) is 9.18 Å². The molecule has 1 fully saturated rings. The lowest BCUT2D eigenvalue weighted by atomic mass is 10.2. The van der Waals surface area contributed by atoms with Gasteiger partial charge in [-0.05, 0) is 42.3 Å². The van der Waals surface area contributed by atoms with E-state index in [9.17, 15) is 9.18 Å². The third-order valence-electron chi connectivity index (χ3n) is 4.91. The molecule has 2 aromatic rings. The van der Waals surface area contributed by atoms with E-state index in [4.69, 9.17) is 4.74 Å². The van der Waals surface area contributed by atoms with Crippen LogP contribution in [0.5, 0.6) is 0 Å². The fourth-order valence-electron chi connectivity index (χ4n) is 3.21. The maximum absolute atomic E-state index is 13.2. The highest BCUT2D eigenvalue weighted by Gasteiger charge is 2.20. The zero-order valence-electron chi connectivity index (χ0n) is 16.2. The molecule has 2 amide bonds. The second-order valence-corrected chi connectivity index (χ2v) is 7.02. The van der Waals surface area contributed by atoms with Crippen molar-refractivity contribution >= 4 is 6.03 Å². The minimum absolute atomic E-state index is 0.138. The molecule has 7 heteroatoms. The average molecular weight is 386 g/mol. The Balaban J connectivity index is 1.62. The number of amides is 2. The van der Waals surface area contributed by atoms with Crippen molar-refractivity contribution in [3.63, 3.8) is 0 Å². The molecule has 0 spiro atoms. The first kappa shape index (κ1) is 20.2. The molecule has 1 atom stereocenters. The molecular weight excluding hydrogens is 359 g/mol. The summed E-state index contributed by atoms with van der Waals surface area (Å²) in [6.45, 7) is 6.76. The summed E-state index contributed by atoms with van der Waals surface area (Å²) >= 11 is 0. The molecule has 0 aliphatic carbocycles. The predicted molar refractivity (Wildman–Crippen MR) is 105 cm³/mol. The zero-order chi connectivity index (χ0) is 19.8. The van der Waals surface area contributed by atoms with E-state index in [0.29, 0.717) is 19.6 Å². The van der Waals surface area contributed by atoms with E-state index >= 15 is 0 Å². The summed E-state index contributed by atoms with van der Waals surface area (Å²) in [6, 6.07) is 10.1. The van der Waals surface area contributed by atoms with Crippen LogP contribution in [-0.2, 0) is 17.8 Å². The summed E-state index contributed by atoms with van der Waals surface area (Å²) in [5.41, 5.74) is 1.88. The summed E-state index contributed by atoms with van der Waals surface area (Å²) in [7, 11) is 0. The number of nitrogens with zero attached hydrogens (tertiary/aromatic N) is 3. The Labute approximate surface area is 165 Å². The average Bonchev–Trinajstić information content (AvgIpc) is 2.74. The van der Waals surface area contributed by atoms with Gasteiger partial charge in [0.2, 0.25) is 0 Å². The molecule has 0 radical (unpaired) electrons. The van der Waals surface area contributed by atoms with E-state index in [0.717, 1.165) is 37.4 Å². The first-order valence-corrected chi connectivity index (χ1v) is 9.60. The van der Waals surface area contributed by atoms with Crippen LogP contribution in [0.25, 0.3) is 0 Å². The maximum atomic E-state index is 13.2. The molecule has 150 valence electrons. The Bertz CT molecular complexity index is 736. The van der Waals surface area contributed by atoms with Crippen LogP contribution in [0.1, 0.15) is 18.1 Å². The van der Waals surface area contributed by atoms with Crippen molar-refractivity contribution in [2.45, 2.75) is 26.1 Å². The third-order valence-corrected chi connectivity index (χ3v) is 4.91. The first-order chi connectivity index (χ1) is 13.6. The number of nitrogens with one attached hydrogen (secondary N) is 1. The number of carbonyl (C=O) groups is 1. The van der Waals surface area contributed by atoms with Crippen LogP contribution in [0.3, 0.4) is 0 Å². The van der Waals surface area contributed by atoms with Crippen molar-refractivity contribution in [3.05, 3.63) is 65.7 Å². The molecule has 3 rings (SSSR count). The van der Waals surface area contributed by atoms with Crippen LogP contribution in [0.15, 0.2) is 48.8 Å². The Morgan fingerprint density at radius 1 is 1.14 bits per heavy atom. The first-order valence-electron chi connectivity index (χ1n) is 9.60. The summed E-state index contributed by atoms with van der Waals surface area (Å²) in [5.74, 6) is -0.284. The van der Waals surface area contributed by atoms with Crippen molar-refractivity contribution in [1.82, 2.24) is 20.1 Å². The maximum Gasteiger partial charge on any atom is 0.318 e. The van der Waals surface area contributed by atoms with Gasteiger partial charge in [-0.1, -0.05) is 12.1 Å². The molecule has 2 heterocycles. The minimum Gasteiger partial charge on any atom is -0.379 e. The molecule has 1 N–H and O–H groups in total. The number of halogens is 1. The van der Waals surface area contributed by atoms with Gasteiger partial charge in [0.25, 0.3) is 0 Å². The highest BCUT2D eigenvalue weighted by Crippen LogP contribution is 2.11. The molecule has 1 aromatic heterocycles. The van der Waals surface area contributed by atoms with Crippen molar-refractivity contribution in [2.24, 2.45) is 0 Å². The van der Waals surface area contributed by atoms with Gasteiger partial charge in [-0.2, -0.15) is 0 Å². The largest absolute Gasteiger partial charge is 0.379 e. The van der Waals surface area contributed by atoms with Crippen LogP contribution in [0.2, 0.25) is 0 Å². The normalized spacial score (nSPS) is 15.8. The summed E-state index contributed by atoms with van der Waals surface area (Å²) in [6.07, 6.45) is 3.42. The van der Waals surface area contributed by atoms with Crippen LogP contribution in [0, 0.1) is 5.82 Å². The number of ether oxygens (including phenoxy) is 1. The number of aromatic nitrogens is 1. The van der Waals surface area contributed by atoms with Gasteiger partial charge in [0, 0.05) is 51.2 Å². The minimum atomic E-state index is -0.284. The van der Waals surface area contributed by atoms with Crippen LogP contribution < -0.4 is 5.32 Å². The Morgan fingerprint density at radius 3 is 2.39 bits per heavy atom. The molecule has 1 aliphatic heterocycles. The number of benzene rings is 1. The van der Waals surface area contributed by atoms with Gasteiger partial charge in [0.15, 0.2) is 0 Å². The van der Waals surface area contributed by atoms with Crippen LogP contribution >= 0.6 is 0 Å². The van der Waals surface area contributed by atoms with E-state index in [1.165, 1.54) is 12.1 Å². The highest BCUT2D eigenvalue weighted by molar-refractivity contribution is 5.74. The lowest BCUT2D eigenvalue weighted by molar-refractivity contribution is 0.0206. The Morgan fingerprint density at radius 2 is 1.75 bits per heavy atom. The summed E-state index contributed by atoms with van der Waals surface area (Å²) in [5, 5.41) is 3.05. The topological polar surface area (TPSA) is 57.7 Å². The molecule has 6 nitrogen and oxygen atoms in total. The number of hydrogen-bond donors (Lipinski definition) is 1. The van der Waals surface area contributed by atoms with Gasteiger partial charge in [-0.3, -0.25) is 9.88 Å². The molecule has 28 heavy (non-hydrogen) atoms. The molecule has 0 bridgehead atoms. The highest BCUT2D eigenvalue weighted by atomic mass is 19.1. The number of carbonyl (C=O) groups excluding carboxylic acids is 1. The molecule has 1 aliphatic rings. The van der Waals surface area contributed by atoms with Gasteiger partial charge in [-0.15, -0.1) is 0 Å². The summed E-state index contributed by atoms with van der Waals surface area (Å²) < 4.78 is 18.6. The Hall–Kier alpha value is -2.51. The third kappa shape index (κ3) is 6.00. The van der Waals surface area contributed by atoms with E-state index < -0.39 is 0 Å². The summed E-state index contributed by atoms with van der Waals surface area (Å²) in [4.78, 5) is 21.0. The van der Waals surface area contributed by atoms with E-state index in [-0.39, 0.29) is 17.9 Å². The van der Waals surface area contributed by atoms with Crippen LogP contribution in [0.4, 0.5) is 9.18 Å². The van der Waals surface area contributed by atoms with Gasteiger partial charge in [0.1, 0.15) is 5.82 Å². The van der Waals surface area contributed by atoms with E-state index in [1.54, 1.807) is 29.4 Å². The Kier molecular flexibility index (Phi) is 7.33. The van der Waals surface area contributed by atoms with Gasteiger partial charge in [0.05, 0.1) is 13.2 Å². The van der Waals surface area contributed by atoms with Gasteiger partial charge >= 0.3 is 6.03 Å². The fourth-order valence-corrected chi connectivity index (χ4v) is 3.21. The SMILES string of the molecule is CC(CNC(=O)N(Cc1ccncc1)Cc1ccc(F)cc1)N1CCOCC1. The lowest BCUT2D eigenvalue weighted by Gasteiger charge is -2.33. The number of urea groups is 1. The lowest BCUT2D eigenvalue weighted by Crippen LogP contribution is -2.49. The van der Waals surface area contributed by atoms with Crippen molar-refractivity contribution in [3.8, 4) is 0 Å². The number of morpholine rings is 1. The fraction of sp³-hybridized carbons (Fsp3) is 0.429. The standard InChI is InChI=1S/C21H27FN4O2/c1-17(25-10-12-28-13-11-25)14-24-21(27)26(16-19-6-8-23-9-7-19)15-18-2-4-20(22)5-3-18/h2-9,17H,10-16H2,1H3,(H,24,27). The molecular formula is C21H27FN4O2. The van der Waals surface area contributed by atoms with Crippen LogP contribution in [-0.4, -0.2) is 59.7 Å². The number of hydrogen-bond acceptors (Lipinski definition) is 4. The predicted octanol–water partition coefficient (Wildman–Crippen LogP) is 2.65. The second kappa shape index (κ2) is 10.1. The monoisotopic (exact) mass is 386 g/mol. The van der Waals surface area contributed by atoms with E-state index in [1.807, 2.05) is 12.1 Å². The van der Waals surface area contributed by atoms with Crippen molar-refractivity contribution in [2.75, 3.05) is 32.8 Å². The molecule has 1 unspecified atom stereocenters. The molecule has 0 saturated carbocycles.